The minimum absolute atomic E-state index is 0.700. The molecule has 2 rings (SSSR count). The van der Waals surface area contributed by atoms with Crippen molar-refractivity contribution >= 4 is 0 Å². The molecule has 1 aliphatic carbocycles. The van der Waals surface area contributed by atoms with Gasteiger partial charge in [0.15, 0.2) is 0 Å². The minimum atomic E-state index is 0.700. The Morgan fingerprint density at radius 1 is 1.25 bits per heavy atom. The van der Waals surface area contributed by atoms with Gasteiger partial charge in [-0.3, -0.25) is 0 Å². The molecular formula is C18H30N2. The number of nitrogens with one attached hydrogen (secondary N) is 1. The van der Waals surface area contributed by atoms with Gasteiger partial charge >= 0.3 is 0 Å². The fraction of sp³-hybridized carbons (Fsp3) is 0.667. The van der Waals surface area contributed by atoms with E-state index < -0.39 is 0 Å². The summed E-state index contributed by atoms with van der Waals surface area (Å²) in [5.41, 5.74) is 2.86. The van der Waals surface area contributed by atoms with E-state index in [-0.39, 0.29) is 0 Å². The Bertz CT molecular complexity index is 416. The molecule has 1 aromatic rings. The molecule has 0 bridgehead atoms. The van der Waals surface area contributed by atoms with Crippen LogP contribution in [0.4, 0.5) is 0 Å². The summed E-state index contributed by atoms with van der Waals surface area (Å²) in [6.45, 7) is 6.88. The Morgan fingerprint density at radius 3 is 2.70 bits per heavy atom. The third kappa shape index (κ3) is 4.07. The molecule has 1 fully saturated rings. The van der Waals surface area contributed by atoms with Crippen molar-refractivity contribution in [2.45, 2.75) is 45.7 Å². The second-order valence-electron chi connectivity index (χ2n) is 6.70. The van der Waals surface area contributed by atoms with Gasteiger partial charge in [-0.1, -0.05) is 31.2 Å². The van der Waals surface area contributed by atoms with Gasteiger partial charge in [0.25, 0.3) is 0 Å². The molecule has 0 saturated heterocycles. The predicted octanol–water partition coefficient (Wildman–Crippen LogP) is 3.45. The minimum Gasteiger partial charge on any atom is -0.317 e. The van der Waals surface area contributed by atoms with Crippen molar-refractivity contribution in [1.29, 1.82) is 0 Å². The van der Waals surface area contributed by atoms with Crippen LogP contribution in [0.2, 0.25) is 0 Å². The van der Waals surface area contributed by atoms with Crippen LogP contribution >= 0.6 is 0 Å². The second kappa shape index (κ2) is 7.24. The Hall–Kier alpha value is -0.860. The first kappa shape index (κ1) is 15.5. The first-order valence-electron chi connectivity index (χ1n) is 8.00. The second-order valence-corrected chi connectivity index (χ2v) is 6.70. The van der Waals surface area contributed by atoms with Gasteiger partial charge in [0.1, 0.15) is 0 Å². The van der Waals surface area contributed by atoms with Crippen molar-refractivity contribution < 1.29 is 0 Å². The Morgan fingerprint density at radius 2 is 2.00 bits per heavy atom. The lowest BCUT2D eigenvalue weighted by Crippen LogP contribution is -2.43. The van der Waals surface area contributed by atoms with E-state index in [1.54, 1.807) is 0 Å². The average molecular weight is 274 g/mol. The number of aryl methyl sites for hydroxylation is 1. The highest BCUT2D eigenvalue weighted by Gasteiger charge is 2.28. The van der Waals surface area contributed by atoms with Crippen LogP contribution in [0, 0.1) is 18.8 Å². The van der Waals surface area contributed by atoms with Crippen LogP contribution < -0.4 is 5.32 Å². The molecule has 2 heteroatoms. The Labute approximate surface area is 124 Å². The maximum atomic E-state index is 3.53. The van der Waals surface area contributed by atoms with E-state index in [1.807, 2.05) is 0 Å². The van der Waals surface area contributed by atoms with Crippen LogP contribution in [0.15, 0.2) is 24.3 Å². The molecule has 1 aromatic carbocycles. The summed E-state index contributed by atoms with van der Waals surface area (Å²) in [5.74, 6) is 1.68. The largest absolute Gasteiger partial charge is 0.317 e. The highest BCUT2D eigenvalue weighted by Crippen LogP contribution is 2.29. The fourth-order valence-electron chi connectivity index (χ4n) is 3.62. The van der Waals surface area contributed by atoms with Gasteiger partial charge in [0, 0.05) is 19.1 Å². The first-order chi connectivity index (χ1) is 9.60. The number of rotatable bonds is 5. The summed E-state index contributed by atoms with van der Waals surface area (Å²) in [6, 6.07) is 9.44. The van der Waals surface area contributed by atoms with Crippen molar-refractivity contribution in [2.75, 3.05) is 20.6 Å². The quantitative estimate of drug-likeness (QED) is 0.884. The molecule has 0 spiro atoms. The van der Waals surface area contributed by atoms with Gasteiger partial charge in [0.2, 0.25) is 0 Å². The number of nitrogens with zero attached hydrogens (tertiary/aromatic N) is 1. The highest BCUT2D eigenvalue weighted by atomic mass is 15.1. The van der Waals surface area contributed by atoms with Crippen LogP contribution in [0.5, 0.6) is 0 Å². The van der Waals surface area contributed by atoms with Crippen molar-refractivity contribution in [1.82, 2.24) is 10.2 Å². The van der Waals surface area contributed by atoms with Gasteiger partial charge in [-0.05, 0) is 63.2 Å². The fourth-order valence-corrected chi connectivity index (χ4v) is 3.62. The number of hydrogen-bond donors (Lipinski definition) is 1. The molecule has 1 aliphatic rings. The molecule has 0 amide bonds. The lowest BCUT2D eigenvalue weighted by Gasteiger charge is -2.37. The van der Waals surface area contributed by atoms with Gasteiger partial charge in [-0.15, -0.1) is 0 Å². The monoisotopic (exact) mass is 274 g/mol. The van der Waals surface area contributed by atoms with Crippen LogP contribution in [0.25, 0.3) is 0 Å². The van der Waals surface area contributed by atoms with Gasteiger partial charge in [-0.25, -0.2) is 0 Å². The topological polar surface area (TPSA) is 15.3 Å². The van der Waals surface area contributed by atoms with E-state index in [0.29, 0.717) is 6.04 Å². The summed E-state index contributed by atoms with van der Waals surface area (Å²) in [7, 11) is 4.38. The SMILES string of the molecule is CNC1CCC(C)CC1CN(C)Cc1ccccc1C. The van der Waals surface area contributed by atoms with Gasteiger partial charge in [-0.2, -0.15) is 0 Å². The van der Waals surface area contributed by atoms with Crippen molar-refractivity contribution in [3.8, 4) is 0 Å². The molecule has 2 nitrogen and oxygen atoms in total. The summed E-state index contributed by atoms with van der Waals surface area (Å²) >= 11 is 0. The summed E-state index contributed by atoms with van der Waals surface area (Å²) in [4.78, 5) is 2.50. The third-order valence-corrected chi connectivity index (χ3v) is 4.86. The summed E-state index contributed by atoms with van der Waals surface area (Å²) in [6.07, 6.45) is 4.08. The predicted molar refractivity (Wildman–Crippen MR) is 86.9 cm³/mol. The zero-order valence-electron chi connectivity index (χ0n) is 13.5. The van der Waals surface area contributed by atoms with Crippen LogP contribution in [-0.2, 0) is 6.54 Å². The lowest BCUT2D eigenvalue weighted by atomic mass is 9.78. The van der Waals surface area contributed by atoms with E-state index in [2.05, 4.69) is 62.4 Å². The third-order valence-electron chi connectivity index (χ3n) is 4.86. The Kier molecular flexibility index (Phi) is 5.62. The molecule has 1 saturated carbocycles. The van der Waals surface area contributed by atoms with E-state index in [9.17, 15) is 0 Å². The summed E-state index contributed by atoms with van der Waals surface area (Å²) < 4.78 is 0. The van der Waals surface area contributed by atoms with Crippen molar-refractivity contribution in [3.05, 3.63) is 35.4 Å². The van der Waals surface area contributed by atoms with E-state index in [0.717, 1.165) is 18.4 Å². The van der Waals surface area contributed by atoms with Crippen LogP contribution in [-0.4, -0.2) is 31.6 Å². The molecule has 3 unspecified atom stereocenters. The number of hydrogen-bond acceptors (Lipinski definition) is 2. The first-order valence-corrected chi connectivity index (χ1v) is 8.00. The maximum absolute atomic E-state index is 3.53. The highest BCUT2D eigenvalue weighted by molar-refractivity contribution is 5.25. The zero-order chi connectivity index (χ0) is 14.5. The van der Waals surface area contributed by atoms with E-state index in [1.165, 1.54) is 36.9 Å². The maximum Gasteiger partial charge on any atom is 0.0233 e. The molecule has 20 heavy (non-hydrogen) atoms. The molecule has 3 atom stereocenters. The van der Waals surface area contributed by atoms with Gasteiger partial charge in [0.05, 0.1) is 0 Å². The van der Waals surface area contributed by atoms with Crippen LogP contribution in [0.3, 0.4) is 0 Å². The molecule has 0 radical (unpaired) electrons. The smallest absolute Gasteiger partial charge is 0.0233 e. The van der Waals surface area contributed by atoms with E-state index in [4.69, 9.17) is 0 Å². The van der Waals surface area contributed by atoms with E-state index >= 15 is 0 Å². The molecule has 0 aliphatic heterocycles. The summed E-state index contributed by atoms with van der Waals surface area (Å²) in [5, 5.41) is 3.53. The normalized spacial score (nSPS) is 26.9. The van der Waals surface area contributed by atoms with Crippen molar-refractivity contribution in [3.63, 3.8) is 0 Å². The van der Waals surface area contributed by atoms with Crippen molar-refractivity contribution in [2.24, 2.45) is 11.8 Å². The average Bonchev–Trinajstić information content (AvgIpc) is 2.41. The Balaban J connectivity index is 1.92. The molecule has 112 valence electrons. The lowest BCUT2D eigenvalue weighted by molar-refractivity contribution is 0.162. The zero-order valence-corrected chi connectivity index (χ0v) is 13.5. The molecule has 0 heterocycles. The molecular weight excluding hydrogens is 244 g/mol. The van der Waals surface area contributed by atoms with Crippen LogP contribution in [0.1, 0.15) is 37.3 Å². The molecule has 0 aromatic heterocycles. The number of benzene rings is 1. The van der Waals surface area contributed by atoms with Gasteiger partial charge < -0.3 is 10.2 Å². The standard InChI is InChI=1S/C18H30N2/c1-14-9-10-18(19-3)17(11-14)13-20(4)12-16-8-6-5-7-15(16)2/h5-8,14,17-19H,9-13H2,1-4H3. The molecule has 1 N–H and O–H groups in total.